The number of aromatic nitrogens is 2. The van der Waals surface area contributed by atoms with E-state index in [4.69, 9.17) is 5.10 Å². The normalized spacial score (nSPS) is 24.2. The number of hydrogen-bond acceptors (Lipinski definition) is 3. The van der Waals surface area contributed by atoms with Crippen molar-refractivity contribution in [2.24, 2.45) is 7.05 Å². The average Bonchev–Trinajstić information content (AvgIpc) is 3.09. The van der Waals surface area contributed by atoms with Gasteiger partial charge in [0.15, 0.2) is 0 Å². The van der Waals surface area contributed by atoms with Gasteiger partial charge in [0.25, 0.3) is 0 Å². The zero-order valence-corrected chi connectivity index (χ0v) is 16.5. The lowest BCUT2D eigenvalue weighted by atomic mass is 9.84. The molecule has 0 spiro atoms. The van der Waals surface area contributed by atoms with Gasteiger partial charge in [0.1, 0.15) is 0 Å². The standard InChI is InChI=1S/C23H33N3O/c1-26-16-20(15-24-21-11-13-22(27)14-12-21)23(25-26)19-9-7-18(8-10-19)17-5-3-2-4-6-17/h7-10,16-17,21-22,24,27H,2-6,11-15H2,1H3. The molecule has 4 nitrogen and oxygen atoms in total. The molecule has 1 aromatic carbocycles. The van der Waals surface area contributed by atoms with Gasteiger partial charge in [-0.05, 0) is 50.0 Å². The number of hydrogen-bond donors (Lipinski definition) is 2. The van der Waals surface area contributed by atoms with Gasteiger partial charge in [-0.15, -0.1) is 0 Å². The van der Waals surface area contributed by atoms with Crippen LogP contribution < -0.4 is 5.32 Å². The Hall–Kier alpha value is -1.65. The molecule has 0 bridgehead atoms. The Bertz CT molecular complexity index is 723. The van der Waals surface area contributed by atoms with Crippen molar-refractivity contribution in [1.29, 1.82) is 0 Å². The molecule has 4 heteroatoms. The van der Waals surface area contributed by atoms with Crippen molar-refractivity contribution in [1.82, 2.24) is 15.1 Å². The topological polar surface area (TPSA) is 50.1 Å². The van der Waals surface area contributed by atoms with Gasteiger partial charge in [-0.2, -0.15) is 5.10 Å². The molecule has 0 unspecified atom stereocenters. The van der Waals surface area contributed by atoms with Gasteiger partial charge < -0.3 is 10.4 Å². The van der Waals surface area contributed by atoms with Crippen LogP contribution in [0.5, 0.6) is 0 Å². The van der Waals surface area contributed by atoms with Crippen LogP contribution in [0, 0.1) is 0 Å². The summed E-state index contributed by atoms with van der Waals surface area (Å²) in [6.07, 6.45) is 12.8. The van der Waals surface area contributed by atoms with Crippen molar-refractivity contribution < 1.29 is 5.11 Å². The fourth-order valence-electron chi connectivity index (χ4n) is 4.79. The second-order valence-corrected chi connectivity index (χ2v) is 8.52. The first-order chi connectivity index (χ1) is 13.2. The third-order valence-electron chi connectivity index (χ3n) is 6.44. The third-order valence-corrected chi connectivity index (χ3v) is 6.44. The molecule has 146 valence electrons. The fraction of sp³-hybridized carbons (Fsp3) is 0.609. The van der Waals surface area contributed by atoms with Gasteiger partial charge in [-0.1, -0.05) is 43.5 Å². The van der Waals surface area contributed by atoms with Crippen LogP contribution in [0.1, 0.15) is 74.8 Å². The van der Waals surface area contributed by atoms with E-state index in [1.54, 1.807) is 0 Å². The Morgan fingerprint density at radius 1 is 1.00 bits per heavy atom. The first kappa shape index (κ1) is 18.7. The average molecular weight is 368 g/mol. The quantitative estimate of drug-likeness (QED) is 0.816. The van der Waals surface area contributed by atoms with E-state index in [0.29, 0.717) is 6.04 Å². The summed E-state index contributed by atoms with van der Waals surface area (Å²) >= 11 is 0. The Kier molecular flexibility index (Phi) is 5.94. The van der Waals surface area contributed by atoms with E-state index in [2.05, 4.69) is 35.8 Å². The predicted octanol–water partition coefficient (Wildman–Crippen LogP) is 4.53. The zero-order chi connectivity index (χ0) is 18.6. The lowest BCUT2D eigenvalue weighted by Crippen LogP contribution is -2.34. The summed E-state index contributed by atoms with van der Waals surface area (Å²) in [6, 6.07) is 9.66. The minimum Gasteiger partial charge on any atom is -0.393 e. The van der Waals surface area contributed by atoms with Crippen LogP contribution in [-0.2, 0) is 13.6 Å². The van der Waals surface area contributed by atoms with Crippen molar-refractivity contribution in [2.75, 3.05) is 0 Å². The maximum atomic E-state index is 9.68. The number of aliphatic hydroxyl groups is 1. The largest absolute Gasteiger partial charge is 0.393 e. The van der Waals surface area contributed by atoms with Crippen LogP contribution in [0.4, 0.5) is 0 Å². The molecule has 0 atom stereocenters. The Balaban J connectivity index is 1.44. The Morgan fingerprint density at radius 2 is 1.70 bits per heavy atom. The summed E-state index contributed by atoms with van der Waals surface area (Å²) in [7, 11) is 2.00. The zero-order valence-electron chi connectivity index (χ0n) is 16.5. The van der Waals surface area contributed by atoms with Crippen LogP contribution in [0.15, 0.2) is 30.5 Å². The van der Waals surface area contributed by atoms with Gasteiger partial charge in [0, 0.05) is 37.0 Å². The van der Waals surface area contributed by atoms with Crippen LogP contribution in [-0.4, -0.2) is 27.0 Å². The molecule has 0 radical (unpaired) electrons. The molecule has 2 aromatic rings. The van der Waals surface area contributed by atoms with Crippen molar-refractivity contribution in [3.63, 3.8) is 0 Å². The molecule has 2 aliphatic carbocycles. The summed E-state index contributed by atoms with van der Waals surface area (Å²) in [5, 5.41) is 18.1. The second kappa shape index (κ2) is 8.57. The minimum atomic E-state index is -0.0975. The molecule has 2 saturated carbocycles. The van der Waals surface area contributed by atoms with Crippen LogP contribution in [0.25, 0.3) is 11.3 Å². The van der Waals surface area contributed by atoms with E-state index in [1.807, 2.05) is 11.7 Å². The number of rotatable bonds is 5. The molecule has 1 aromatic heterocycles. The maximum absolute atomic E-state index is 9.68. The molecule has 27 heavy (non-hydrogen) atoms. The van der Waals surface area contributed by atoms with Crippen molar-refractivity contribution >= 4 is 0 Å². The van der Waals surface area contributed by atoms with Gasteiger partial charge in [-0.3, -0.25) is 4.68 Å². The van der Waals surface area contributed by atoms with Crippen LogP contribution >= 0.6 is 0 Å². The summed E-state index contributed by atoms with van der Waals surface area (Å²) < 4.78 is 1.92. The molecule has 4 rings (SSSR count). The number of aliphatic hydroxyl groups excluding tert-OH is 1. The third kappa shape index (κ3) is 4.61. The Labute approximate surface area is 163 Å². The van der Waals surface area contributed by atoms with Gasteiger partial charge >= 0.3 is 0 Å². The lowest BCUT2D eigenvalue weighted by Gasteiger charge is -2.26. The monoisotopic (exact) mass is 367 g/mol. The van der Waals surface area contributed by atoms with Crippen molar-refractivity contribution in [2.45, 2.75) is 82.4 Å². The smallest absolute Gasteiger partial charge is 0.0967 e. The highest BCUT2D eigenvalue weighted by Gasteiger charge is 2.20. The van der Waals surface area contributed by atoms with Crippen LogP contribution in [0.2, 0.25) is 0 Å². The highest BCUT2D eigenvalue weighted by Crippen LogP contribution is 2.33. The van der Waals surface area contributed by atoms with Gasteiger partial charge in [0.2, 0.25) is 0 Å². The second-order valence-electron chi connectivity index (χ2n) is 8.52. The first-order valence-electron chi connectivity index (χ1n) is 10.7. The summed E-state index contributed by atoms with van der Waals surface area (Å²) in [6.45, 7) is 0.842. The number of benzene rings is 1. The van der Waals surface area contributed by atoms with Crippen molar-refractivity contribution in [3.8, 4) is 11.3 Å². The van der Waals surface area contributed by atoms with Gasteiger partial charge in [0.05, 0.1) is 11.8 Å². The van der Waals surface area contributed by atoms with E-state index in [0.717, 1.165) is 43.8 Å². The highest BCUT2D eigenvalue weighted by molar-refractivity contribution is 5.63. The number of aryl methyl sites for hydroxylation is 1. The number of nitrogens with zero attached hydrogens (tertiary/aromatic N) is 2. The molecular weight excluding hydrogens is 334 g/mol. The molecule has 0 aliphatic heterocycles. The number of nitrogens with one attached hydrogen (secondary N) is 1. The molecule has 1 heterocycles. The van der Waals surface area contributed by atoms with E-state index in [9.17, 15) is 5.11 Å². The Morgan fingerprint density at radius 3 is 2.41 bits per heavy atom. The lowest BCUT2D eigenvalue weighted by molar-refractivity contribution is 0.116. The highest BCUT2D eigenvalue weighted by atomic mass is 16.3. The molecule has 2 fully saturated rings. The fourth-order valence-corrected chi connectivity index (χ4v) is 4.79. The van der Waals surface area contributed by atoms with E-state index < -0.39 is 0 Å². The minimum absolute atomic E-state index is 0.0975. The molecular formula is C23H33N3O. The predicted molar refractivity (Wildman–Crippen MR) is 110 cm³/mol. The van der Waals surface area contributed by atoms with E-state index in [1.165, 1.54) is 48.8 Å². The van der Waals surface area contributed by atoms with E-state index in [-0.39, 0.29) is 6.10 Å². The van der Waals surface area contributed by atoms with E-state index >= 15 is 0 Å². The summed E-state index contributed by atoms with van der Waals surface area (Å²) in [4.78, 5) is 0. The molecule has 0 amide bonds. The van der Waals surface area contributed by atoms with Crippen LogP contribution in [0.3, 0.4) is 0 Å². The summed E-state index contributed by atoms with van der Waals surface area (Å²) in [5.41, 5.74) is 5.06. The maximum Gasteiger partial charge on any atom is 0.0967 e. The first-order valence-corrected chi connectivity index (χ1v) is 10.7. The van der Waals surface area contributed by atoms with Crippen molar-refractivity contribution in [3.05, 3.63) is 41.6 Å². The SMILES string of the molecule is Cn1cc(CNC2CCC(O)CC2)c(-c2ccc(C3CCCCC3)cc2)n1. The molecule has 2 aliphatic rings. The molecule has 2 N–H and O–H groups in total. The molecule has 0 saturated heterocycles. The van der Waals surface area contributed by atoms with Gasteiger partial charge in [-0.25, -0.2) is 0 Å². The summed E-state index contributed by atoms with van der Waals surface area (Å²) in [5.74, 6) is 0.749.